The number of hydrogen-bond donors (Lipinski definition) is 3. The number of anilines is 1. The molecule has 2 rings (SSSR count). The molecule has 26 heavy (non-hydrogen) atoms. The molecule has 0 aliphatic heterocycles. The highest BCUT2D eigenvalue weighted by molar-refractivity contribution is 5.88. The molecule has 1 aliphatic rings. The van der Waals surface area contributed by atoms with Crippen LogP contribution in [0.3, 0.4) is 0 Å². The van der Waals surface area contributed by atoms with Crippen molar-refractivity contribution in [3.05, 3.63) is 23.9 Å². The number of aromatic nitrogens is 1. The normalized spacial score (nSPS) is 23.0. The van der Waals surface area contributed by atoms with Gasteiger partial charge in [-0.2, -0.15) is 0 Å². The molecule has 0 radical (unpaired) electrons. The molecule has 1 aromatic heterocycles. The molecule has 1 saturated carbocycles. The first-order valence-electron chi connectivity index (χ1n) is 8.66. The summed E-state index contributed by atoms with van der Waals surface area (Å²) in [6, 6.07) is 3.97. The van der Waals surface area contributed by atoms with Gasteiger partial charge in [0.05, 0.1) is 6.10 Å². The summed E-state index contributed by atoms with van der Waals surface area (Å²) in [5, 5.41) is 6.20. The highest BCUT2D eigenvalue weighted by Gasteiger charge is 2.62. The van der Waals surface area contributed by atoms with Crippen LogP contribution in [0.1, 0.15) is 39.2 Å². The zero-order valence-corrected chi connectivity index (χ0v) is 17.6. The first kappa shape index (κ1) is 24.9. The molecule has 0 saturated heterocycles. The van der Waals surface area contributed by atoms with Crippen LogP contribution in [0.15, 0.2) is 18.3 Å². The maximum Gasteiger partial charge on any atom is 0.240 e. The Kier molecular flexibility index (Phi) is 9.88. The van der Waals surface area contributed by atoms with Crippen LogP contribution in [0.2, 0.25) is 0 Å². The van der Waals surface area contributed by atoms with Gasteiger partial charge in [0.25, 0.3) is 0 Å². The molecule has 1 fully saturated rings. The minimum absolute atomic E-state index is 0. The molecule has 2 atom stereocenters. The fraction of sp³-hybridized carbons (Fsp3) is 0.667. The molecule has 8 heteroatoms. The molecule has 4 N–H and O–H groups in total. The van der Waals surface area contributed by atoms with Crippen LogP contribution in [-0.4, -0.2) is 42.2 Å². The summed E-state index contributed by atoms with van der Waals surface area (Å²) in [4.78, 5) is 16.7. The van der Waals surface area contributed by atoms with Crippen molar-refractivity contribution in [3.8, 4) is 0 Å². The predicted molar refractivity (Wildman–Crippen MR) is 110 cm³/mol. The number of halogens is 2. The van der Waals surface area contributed by atoms with Crippen LogP contribution in [0.25, 0.3) is 0 Å². The fourth-order valence-corrected chi connectivity index (χ4v) is 3.06. The number of pyridine rings is 1. The summed E-state index contributed by atoms with van der Waals surface area (Å²) in [6.07, 6.45) is 3.26. The summed E-state index contributed by atoms with van der Waals surface area (Å²) < 4.78 is 5.66. The van der Waals surface area contributed by atoms with Crippen molar-refractivity contribution in [2.24, 2.45) is 11.1 Å². The third-order valence-electron chi connectivity index (χ3n) is 5.09. The van der Waals surface area contributed by atoms with Gasteiger partial charge < -0.3 is 21.1 Å². The second kappa shape index (κ2) is 10.3. The molecule has 1 amide bonds. The summed E-state index contributed by atoms with van der Waals surface area (Å²) in [6.45, 7) is 9.95. The third-order valence-corrected chi connectivity index (χ3v) is 5.09. The maximum absolute atomic E-state index is 12.5. The minimum atomic E-state index is -0.848. The lowest BCUT2D eigenvalue weighted by Crippen LogP contribution is -2.75. The molecule has 1 aromatic rings. The van der Waals surface area contributed by atoms with Gasteiger partial charge >= 0.3 is 0 Å². The number of ether oxygens (including phenoxy) is 1. The number of carbonyl (C=O) groups is 1. The number of nitrogens with one attached hydrogen (secondary N) is 2. The number of aryl methyl sites for hydroxylation is 1. The van der Waals surface area contributed by atoms with Crippen LogP contribution < -0.4 is 16.4 Å². The van der Waals surface area contributed by atoms with E-state index >= 15 is 0 Å². The van der Waals surface area contributed by atoms with E-state index in [1.54, 1.807) is 0 Å². The zero-order chi connectivity index (χ0) is 17.8. The standard InChI is InChI=1S/C18H30N4O2.2ClH/c1-5-24-14-11-18(19,17(14,3)4)16(23)21-10-6-9-20-15-8-7-13(2)12-22-15;;/h7-8,12,14H,5-6,9-11,19H2,1-4H3,(H,20,22)(H,21,23);2*1H. The summed E-state index contributed by atoms with van der Waals surface area (Å²) in [5.74, 6) is 0.763. The van der Waals surface area contributed by atoms with E-state index in [2.05, 4.69) is 15.6 Å². The third kappa shape index (κ3) is 5.22. The fourth-order valence-electron chi connectivity index (χ4n) is 3.06. The van der Waals surface area contributed by atoms with Crippen LogP contribution in [0.5, 0.6) is 0 Å². The van der Waals surface area contributed by atoms with Crippen molar-refractivity contribution >= 4 is 36.5 Å². The second-order valence-corrected chi connectivity index (χ2v) is 7.10. The Morgan fingerprint density at radius 2 is 2.04 bits per heavy atom. The number of carbonyl (C=O) groups excluding carboxylic acids is 1. The van der Waals surface area contributed by atoms with Gasteiger partial charge in [0.1, 0.15) is 11.4 Å². The maximum atomic E-state index is 12.5. The predicted octanol–water partition coefficient (Wildman–Crippen LogP) is 2.68. The van der Waals surface area contributed by atoms with E-state index in [-0.39, 0.29) is 42.2 Å². The lowest BCUT2D eigenvalue weighted by atomic mass is 9.54. The molecule has 150 valence electrons. The van der Waals surface area contributed by atoms with Gasteiger partial charge in [0.2, 0.25) is 5.91 Å². The number of amides is 1. The Morgan fingerprint density at radius 3 is 2.58 bits per heavy atom. The first-order valence-corrected chi connectivity index (χ1v) is 8.66. The number of nitrogens with two attached hydrogens (primary N) is 1. The van der Waals surface area contributed by atoms with E-state index in [9.17, 15) is 4.79 Å². The lowest BCUT2D eigenvalue weighted by molar-refractivity contribution is -0.170. The average molecular weight is 407 g/mol. The average Bonchev–Trinajstić information content (AvgIpc) is 2.55. The topological polar surface area (TPSA) is 89.3 Å². The lowest BCUT2D eigenvalue weighted by Gasteiger charge is -2.57. The van der Waals surface area contributed by atoms with Gasteiger partial charge in [-0.25, -0.2) is 4.98 Å². The van der Waals surface area contributed by atoms with E-state index in [1.807, 2.05) is 46.0 Å². The monoisotopic (exact) mass is 406 g/mol. The number of nitrogens with zero attached hydrogens (tertiary/aromatic N) is 1. The molecule has 0 aromatic carbocycles. The Morgan fingerprint density at radius 1 is 1.35 bits per heavy atom. The Hall–Kier alpha value is -1.08. The van der Waals surface area contributed by atoms with Gasteiger partial charge in [-0.15, -0.1) is 24.8 Å². The highest BCUT2D eigenvalue weighted by atomic mass is 35.5. The van der Waals surface area contributed by atoms with E-state index in [4.69, 9.17) is 10.5 Å². The van der Waals surface area contributed by atoms with Gasteiger partial charge in [-0.3, -0.25) is 4.79 Å². The smallest absolute Gasteiger partial charge is 0.240 e. The number of hydrogen-bond acceptors (Lipinski definition) is 5. The van der Waals surface area contributed by atoms with Crippen LogP contribution >= 0.6 is 24.8 Å². The van der Waals surface area contributed by atoms with Crippen molar-refractivity contribution in [1.82, 2.24) is 10.3 Å². The summed E-state index contributed by atoms with van der Waals surface area (Å²) in [5.41, 5.74) is 6.28. The van der Waals surface area contributed by atoms with Gasteiger partial charge in [-0.1, -0.05) is 19.9 Å². The molecule has 0 spiro atoms. The number of rotatable bonds is 8. The molecular weight excluding hydrogens is 375 g/mol. The summed E-state index contributed by atoms with van der Waals surface area (Å²) in [7, 11) is 0. The SMILES string of the molecule is CCOC1CC(N)(C(=O)NCCCNc2ccc(C)cn2)C1(C)C.Cl.Cl. The quantitative estimate of drug-likeness (QED) is 0.577. The Balaban J connectivity index is 0.00000312. The molecule has 2 unspecified atom stereocenters. The van der Waals surface area contributed by atoms with Crippen molar-refractivity contribution in [2.75, 3.05) is 25.0 Å². The minimum Gasteiger partial charge on any atom is -0.378 e. The molecule has 6 nitrogen and oxygen atoms in total. The molecule has 1 aliphatic carbocycles. The van der Waals surface area contributed by atoms with Gasteiger partial charge in [0.15, 0.2) is 0 Å². The van der Waals surface area contributed by atoms with Gasteiger partial charge in [-0.05, 0) is 31.9 Å². The zero-order valence-electron chi connectivity index (χ0n) is 16.0. The Labute approximate surface area is 168 Å². The van der Waals surface area contributed by atoms with Crippen molar-refractivity contribution in [2.45, 2.75) is 52.2 Å². The van der Waals surface area contributed by atoms with Crippen molar-refractivity contribution in [1.29, 1.82) is 0 Å². The van der Waals surface area contributed by atoms with Gasteiger partial charge in [0, 0.05) is 37.7 Å². The first-order chi connectivity index (χ1) is 11.3. The summed E-state index contributed by atoms with van der Waals surface area (Å²) >= 11 is 0. The van der Waals surface area contributed by atoms with E-state index in [0.717, 1.165) is 24.3 Å². The van der Waals surface area contributed by atoms with Crippen molar-refractivity contribution < 1.29 is 9.53 Å². The molecule has 1 heterocycles. The van der Waals surface area contributed by atoms with E-state index in [1.165, 1.54) is 0 Å². The van der Waals surface area contributed by atoms with Crippen LogP contribution in [0, 0.1) is 12.3 Å². The van der Waals surface area contributed by atoms with Crippen LogP contribution in [-0.2, 0) is 9.53 Å². The molecular formula is C18H32Cl2N4O2. The highest BCUT2D eigenvalue weighted by Crippen LogP contribution is 2.49. The Bertz CT molecular complexity index is 569. The largest absolute Gasteiger partial charge is 0.378 e. The molecule has 0 bridgehead atoms. The van der Waals surface area contributed by atoms with E-state index < -0.39 is 5.54 Å². The second-order valence-electron chi connectivity index (χ2n) is 7.10. The van der Waals surface area contributed by atoms with Crippen LogP contribution in [0.4, 0.5) is 5.82 Å². The van der Waals surface area contributed by atoms with E-state index in [0.29, 0.717) is 19.6 Å². The van der Waals surface area contributed by atoms with Crippen molar-refractivity contribution in [3.63, 3.8) is 0 Å².